The van der Waals surface area contributed by atoms with Gasteiger partial charge in [0.1, 0.15) is 10.6 Å². The van der Waals surface area contributed by atoms with E-state index in [9.17, 15) is 8.42 Å². The molecule has 0 unspecified atom stereocenters. The van der Waals surface area contributed by atoms with Gasteiger partial charge >= 0.3 is 0 Å². The molecule has 6 heteroatoms. The molecule has 2 rings (SSSR count). The number of nitrogens with one attached hydrogen (secondary N) is 1. The third-order valence-corrected chi connectivity index (χ3v) is 5.30. The second-order valence-corrected chi connectivity index (χ2v) is 8.26. The zero-order valence-electron chi connectivity index (χ0n) is 13.6. The van der Waals surface area contributed by atoms with E-state index in [1.54, 1.807) is 30.3 Å². The monoisotopic (exact) mass is 353 g/mol. The predicted octanol–water partition coefficient (Wildman–Crippen LogP) is 4.45. The van der Waals surface area contributed by atoms with Crippen LogP contribution in [0.2, 0.25) is 5.02 Å². The second-order valence-electron chi connectivity index (χ2n) is 6.20. The summed E-state index contributed by atoms with van der Waals surface area (Å²) in [6, 6.07) is 11.8. The molecule has 0 amide bonds. The van der Waals surface area contributed by atoms with Crippen LogP contribution >= 0.6 is 11.6 Å². The summed E-state index contributed by atoms with van der Waals surface area (Å²) in [5.41, 5.74) is 1.27. The van der Waals surface area contributed by atoms with E-state index in [1.807, 2.05) is 6.07 Å². The Morgan fingerprint density at radius 1 is 1.09 bits per heavy atom. The topological polar surface area (TPSA) is 55.4 Å². The summed E-state index contributed by atoms with van der Waals surface area (Å²) in [5, 5.41) is 0.172. The Kier molecular flexibility index (Phi) is 4.92. The molecular formula is C17H20ClNO3S. The van der Waals surface area contributed by atoms with E-state index in [0.29, 0.717) is 11.4 Å². The van der Waals surface area contributed by atoms with Gasteiger partial charge in [0.2, 0.25) is 0 Å². The van der Waals surface area contributed by atoms with Gasteiger partial charge in [0.25, 0.3) is 10.0 Å². The molecule has 0 saturated carbocycles. The van der Waals surface area contributed by atoms with Crippen molar-refractivity contribution in [2.45, 2.75) is 31.1 Å². The minimum Gasteiger partial charge on any atom is -0.495 e. The molecule has 4 nitrogen and oxygen atoms in total. The average Bonchev–Trinajstić information content (AvgIpc) is 2.46. The summed E-state index contributed by atoms with van der Waals surface area (Å²) < 4.78 is 33.0. The van der Waals surface area contributed by atoms with Crippen molar-refractivity contribution in [2.24, 2.45) is 0 Å². The minimum absolute atomic E-state index is 0.0323. The largest absolute Gasteiger partial charge is 0.495 e. The van der Waals surface area contributed by atoms with Gasteiger partial charge < -0.3 is 4.74 Å². The standard InChI is InChI=1S/C17H20ClNO3S/c1-17(2,3)12-9-10-15(22-4)14(11-12)19-23(20,21)16-8-6-5-7-13(16)18/h5-11,19H,1-4H3. The molecular weight excluding hydrogens is 334 g/mol. The van der Waals surface area contributed by atoms with E-state index >= 15 is 0 Å². The van der Waals surface area contributed by atoms with Crippen LogP contribution in [0.5, 0.6) is 5.75 Å². The molecule has 0 fully saturated rings. The number of rotatable bonds is 4. The fraction of sp³-hybridized carbons (Fsp3) is 0.294. The first-order valence-electron chi connectivity index (χ1n) is 7.11. The highest BCUT2D eigenvalue weighted by Crippen LogP contribution is 2.33. The highest BCUT2D eigenvalue weighted by Gasteiger charge is 2.21. The van der Waals surface area contributed by atoms with Crippen LogP contribution in [0.4, 0.5) is 5.69 Å². The highest BCUT2D eigenvalue weighted by molar-refractivity contribution is 7.92. The molecule has 23 heavy (non-hydrogen) atoms. The van der Waals surface area contributed by atoms with Crippen molar-refractivity contribution in [3.05, 3.63) is 53.1 Å². The number of halogens is 1. The maximum Gasteiger partial charge on any atom is 0.263 e. The molecule has 1 N–H and O–H groups in total. The lowest BCUT2D eigenvalue weighted by Crippen LogP contribution is -2.16. The Bertz CT molecular complexity index is 811. The van der Waals surface area contributed by atoms with Crippen molar-refractivity contribution < 1.29 is 13.2 Å². The lowest BCUT2D eigenvalue weighted by molar-refractivity contribution is 0.416. The summed E-state index contributed by atoms with van der Waals surface area (Å²) in [5.74, 6) is 0.452. The number of hydrogen-bond donors (Lipinski definition) is 1. The molecule has 0 aliphatic carbocycles. The fourth-order valence-electron chi connectivity index (χ4n) is 2.12. The fourth-order valence-corrected chi connectivity index (χ4v) is 3.70. The quantitative estimate of drug-likeness (QED) is 0.883. The van der Waals surface area contributed by atoms with E-state index in [2.05, 4.69) is 25.5 Å². The summed E-state index contributed by atoms with van der Waals surface area (Å²) >= 11 is 6.00. The second kappa shape index (κ2) is 6.42. The molecule has 0 heterocycles. The van der Waals surface area contributed by atoms with Crippen molar-refractivity contribution in [3.63, 3.8) is 0 Å². The zero-order chi connectivity index (χ0) is 17.3. The van der Waals surface area contributed by atoms with E-state index in [-0.39, 0.29) is 15.3 Å². The van der Waals surface area contributed by atoms with Crippen LogP contribution < -0.4 is 9.46 Å². The van der Waals surface area contributed by atoms with Gasteiger partial charge in [-0.1, -0.05) is 50.6 Å². The number of hydrogen-bond acceptors (Lipinski definition) is 3. The number of ether oxygens (including phenoxy) is 1. The predicted molar refractivity (Wildman–Crippen MR) is 94.0 cm³/mol. The third-order valence-electron chi connectivity index (χ3n) is 3.44. The number of anilines is 1. The van der Waals surface area contributed by atoms with E-state index in [4.69, 9.17) is 16.3 Å². The molecule has 0 aliphatic heterocycles. The van der Waals surface area contributed by atoms with Crippen molar-refractivity contribution in [1.82, 2.24) is 0 Å². The normalized spacial score (nSPS) is 12.0. The van der Waals surface area contributed by atoms with Crippen LogP contribution in [-0.2, 0) is 15.4 Å². The van der Waals surface area contributed by atoms with Gasteiger partial charge in [-0.2, -0.15) is 0 Å². The van der Waals surface area contributed by atoms with Gasteiger partial charge in [0, 0.05) is 0 Å². The highest BCUT2D eigenvalue weighted by atomic mass is 35.5. The van der Waals surface area contributed by atoms with Crippen LogP contribution in [0.25, 0.3) is 0 Å². The Morgan fingerprint density at radius 2 is 1.74 bits per heavy atom. The summed E-state index contributed by atoms with van der Waals surface area (Å²) in [6.45, 7) is 6.17. The van der Waals surface area contributed by atoms with E-state index < -0.39 is 10.0 Å². The summed E-state index contributed by atoms with van der Waals surface area (Å²) in [4.78, 5) is 0.0323. The molecule has 124 valence electrons. The maximum absolute atomic E-state index is 12.6. The van der Waals surface area contributed by atoms with Crippen LogP contribution in [0, 0.1) is 0 Å². The number of sulfonamides is 1. The van der Waals surface area contributed by atoms with Gasteiger partial charge in [-0.3, -0.25) is 4.72 Å². The van der Waals surface area contributed by atoms with Crippen LogP contribution in [-0.4, -0.2) is 15.5 Å². The van der Waals surface area contributed by atoms with Crippen LogP contribution in [0.1, 0.15) is 26.3 Å². The van der Waals surface area contributed by atoms with Crippen molar-refractivity contribution in [1.29, 1.82) is 0 Å². The molecule has 0 atom stereocenters. The molecule has 0 spiro atoms. The number of benzene rings is 2. The average molecular weight is 354 g/mol. The lowest BCUT2D eigenvalue weighted by atomic mass is 9.87. The first-order chi connectivity index (χ1) is 10.6. The molecule has 2 aromatic carbocycles. The maximum atomic E-state index is 12.6. The van der Waals surface area contributed by atoms with Crippen LogP contribution in [0.15, 0.2) is 47.4 Å². The number of methoxy groups -OCH3 is 1. The molecule has 0 bridgehead atoms. The molecule has 0 radical (unpaired) electrons. The molecule has 0 aromatic heterocycles. The third kappa shape index (κ3) is 3.98. The van der Waals surface area contributed by atoms with Gasteiger partial charge in [-0.05, 0) is 35.2 Å². The first-order valence-corrected chi connectivity index (χ1v) is 8.97. The van der Waals surface area contributed by atoms with Crippen molar-refractivity contribution >= 4 is 27.3 Å². The van der Waals surface area contributed by atoms with E-state index in [1.165, 1.54) is 13.2 Å². The summed E-state index contributed by atoms with van der Waals surface area (Å²) in [6.07, 6.45) is 0. The Labute approximate surface area is 142 Å². The first kappa shape index (κ1) is 17.6. The lowest BCUT2D eigenvalue weighted by Gasteiger charge is -2.21. The van der Waals surface area contributed by atoms with Crippen LogP contribution in [0.3, 0.4) is 0 Å². The molecule has 0 aliphatic rings. The van der Waals surface area contributed by atoms with Gasteiger partial charge in [0.15, 0.2) is 0 Å². The Hall–Kier alpha value is -1.72. The molecule has 2 aromatic rings. The van der Waals surface area contributed by atoms with Crippen molar-refractivity contribution in [3.8, 4) is 5.75 Å². The van der Waals surface area contributed by atoms with Crippen molar-refractivity contribution in [2.75, 3.05) is 11.8 Å². The molecule has 0 saturated heterocycles. The van der Waals surface area contributed by atoms with Gasteiger partial charge in [-0.15, -0.1) is 0 Å². The SMILES string of the molecule is COc1ccc(C(C)(C)C)cc1NS(=O)(=O)c1ccccc1Cl. The van der Waals surface area contributed by atoms with E-state index in [0.717, 1.165) is 5.56 Å². The van der Waals surface area contributed by atoms with Gasteiger partial charge in [-0.25, -0.2) is 8.42 Å². The zero-order valence-corrected chi connectivity index (χ0v) is 15.1. The van der Waals surface area contributed by atoms with Gasteiger partial charge in [0.05, 0.1) is 17.8 Å². The Balaban J connectivity index is 2.48. The smallest absolute Gasteiger partial charge is 0.263 e. The minimum atomic E-state index is -3.80. The summed E-state index contributed by atoms with van der Waals surface area (Å²) in [7, 11) is -2.30. The Morgan fingerprint density at radius 3 is 2.30 bits per heavy atom.